The normalized spacial score (nSPS) is 10.7. The number of carbonyl (C=O) groups excluding carboxylic acids is 1. The number of nitrogens with zero attached hydrogens (tertiary/aromatic N) is 2. The first-order valence-corrected chi connectivity index (χ1v) is 8.47. The van der Waals surface area contributed by atoms with Crippen LogP contribution in [0.15, 0.2) is 48.5 Å². The molecule has 5 heteroatoms. The molecule has 0 unspecified atom stereocenters. The predicted molar refractivity (Wildman–Crippen MR) is 101 cm³/mol. The van der Waals surface area contributed by atoms with Crippen molar-refractivity contribution >= 4 is 23.3 Å². The number of aryl methyl sites for hydroxylation is 3. The molecule has 0 bridgehead atoms. The molecule has 4 nitrogen and oxygen atoms in total. The van der Waals surface area contributed by atoms with Crippen LogP contribution < -0.4 is 5.32 Å². The molecule has 3 aromatic rings. The third-order valence-electron chi connectivity index (χ3n) is 4.09. The molecule has 0 saturated heterocycles. The number of carbonyl (C=O) groups is 1. The van der Waals surface area contributed by atoms with Crippen molar-refractivity contribution in [2.45, 2.75) is 27.3 Å². The number of nitrogens with one attached hydrogen (secondary N) is 1. The first-order chi connectivity index (χ1) is 11.9. The Kier molecular flexibility index (Phi) is 4.91. The number of amides is 1. The zero-order valence-electron chi connectivity index (χ0n) is 14.5. The van der Waals surface area contributed by atoms with Gasteiger partial charge in [0, 0.05) is 22.3 Å². The zero-order valence-corrected chi connectivity index (χ0v) is 15.3. The predicted octanol–water partition coefficient (Wildman–Crippen LogP) is 4.76. The third kappa shape index (κ3) is 4.09. The van der Waals surface area contributed by atoms with E-state index in [-0.39, 0.29) is 5.91 Å². The van der Waals surface area contributed by atoms with Gasteiger partial charge in [0.15, 0.2) is 5.82 Å². The summed E-state index contributed by atoms with van der Waals surface area (Å²) in [6.07, 6.45) is 0. The van der Waals surface area contributed by atoms with Crippen LogP contribution in [0.25, 0.3) is 0 Å². The van der Waals surface area contributed by atoms with Crippen molar-refractivity contribution in [3.05, 3.63) is 81.5 Å². The highest BCUT2D eigenvalue weighted by atomic mass is 35.5. The molecule has 1 amide bonds. The molecular weight excluding hydrogens is 334 g/mol. The van der Waals surface area contributed by atoms with Gasteiger partial charge in [0.2, 0.25) is 0 Å². The maximum Gasteiger partial charge on any atom is 0.257 e. The van der Waals surface area contributed by atoms with Crippen molar-refractivity contribution in [3.63, 3.8) is 0 Å². The van der Waals surface area contributed by atoms with Gasteiger partial charge in [-0.05, 0) is 50.1 Å². The van der Waals surface area contributed by atoms with Gasteiger partial charge in [-0.15, -0.1) is 0 Å². The molecule has 0 aliphatic heterocycles. The van der Waals surface area contributed by atoms with Crippen LogP contribution in [0.1, 0.15) is 32.7 Å². The van der Waals surface area contributed by atoms with Crippen LogP contribution in [0.2, 0.25) is 5.02 Å². The summed E-state index contributed by atoms with van der Waals surface area (Å²) in [5.41, 5.74) is 4.83. The van der Waals surface area contributed by atoms with E-state index >= 15 is 0 Å². The summed E-state index contributed by atoms with van der Waals surface area (Å²) in [7, 11) is 0. The Morgan fingerprint density at radius 3 is 2.48 bits per heavy atom. The second-order valence-corrected chi connectivity index (χ2v) is 6.66. The van der Waals surface area contributed by atoms with Gasteiger partial charge in [0.25, 0.3) is 5.91 Å². The Morgan fingerprint density at radius 1 is 1.08 bits per heavy atom. The summed E-state index contributed by atoms with van der Waals surface area (Å²) < 4.78 is 1.86. The van der Waals surface area contributed by atoms with Crippen LogP contribution in [0.5, 0.6) is 0 Å². The summed E-state index contributed by atoms with van der Waals surface area (Å²) in [5.74, 6) is 0.407. The summed E-state index contributed by atoms with van der Waals surface area (Å²) in [4.78, 5) is 12.5. The van der Waals surface area contributed by atoms with Crippen LogP contribution in [0, 0.1) is 20.8 Å². The van der Waals surface area contributed by atoms with Crippen molar-refractivity contribution in [1.29, 1.82) is 0 Å². The number of anilines is 1. The lowest BCUT2D eigenvalue weighted by Crippen LogP contribution is -2.14. The number of hydrogen-bond donors (Lipinski definition) is 1. The van der Waals surface area contributed by atoms with Crippen molar-refractivity contribution < 1.29 is 4.79 Å². The van der Waals surface area contributed by atoms with E-state index in [9.17, 15) is 4.79 Å². The number of rotatable bonds is 4. The molecule has 0 saturated carbocycles. The van der Waals surface area contributed by atoms with Crippen LogP contribution in [0.3, 0.4) is 0 Å². The van der Waals surface area contributed by atoms with E-state index < -0.39 is 0 Å². The molecule has 2 aromatic carbocycles. The molecule has 25 heavy (non-hydrogen) atoms. The fraction of sp³-hybridized carbons (Fsp3) is 0.200. The highest BCUT2D eigenvalue weighted by Crippen LogP contribution is 2.16. The summed E-state index contributed by atoms with van der Waals surface area (Å²) in [6.45, 7) is 6.54. The molecule has 3 rings (SSSR count). The van der Waals surface area contributed by atoms with E-state index in [1.165, 1.54) is 0 Å². The molecule has 1 aromatic heterocycles. The van der Waals surface area contributed by atoms with Crippen LogP contribution >= 0.6 is 11.6 Å². The number of halogens is 1. The van der Waals surface area contributed by atoms with Crippen LogP contribution in [-0.4, -0.2) is 15.7 Å². The van der Waals surface area contributed by atoms with Crippen LogP contribution in [-0.2, 0) is 6.54 Å². The van der Waals surface area contributed by atoms with Gasteiger partial charge in [-0.3, -0.25) is 9.48 Å². The average molecular weight is 354 g/mol. The van der Waals surface area contributed by atoms with Crippen molar-refractivity contribution in [2.75, 3.05) is 5.32 Å². The maximum atomic E-state index is 12.5. The second-order valence-electron chi connectivity index (χ2n) is 6.23. The fourth-order valence-corrected chi connectivity index (χ4v) is 2.87. The Balaban J connectivity index is 1.75. The van der Waals surface area contributed by atoms with E-state index in [4.69, 9.17) is 11.6 Å². The molecule has 128 valence electrons. The molecule has 1 N–H and O–H groups in total. The van der Waals surface area contributed by atoms with E-state index in [0.29, 0.717) is 22.9 Å². The Labute approximate surface area is 152 Å². The monoisotopic (exact) mass is 353 g/mol. The molecule has 0 aliphatic carbocycles. The molecule has 0 atom stereocenters. The largest absolute Gasteiger partial charge is 0.305 e. The van der Waals surface area contributed by atoms with Crippen molar-refractivity contribution in [3.8, 4) is 0 Å². The quantitative estimate of drug-likeness (QED) is 0.734. The van der Waals surface area contributed by atoms with Gasteiger partial charge in [-0.2, -0.15) is 5.10 Å². The van der Waals surface area contributed by atoms with Crippen molar-refractivity contribution in [2.24, 2.45) is 0 Å². The topological polar surface area (TPSA) is 46.9 Å². The summed E-state index contributed by atoms with van der Waals surface area (Å²) >= 11 is 5.92. The number of aromatic nitrogens is 2. The lowest BCUT2D eigenvalue weighted by molar-refractivity contribution is 0.102. The van der Waals surface area contributed by atoms with Gasteiger partial charge >= 0.3 is 0 Å². The van der Waals surface area contributed by atoms with Gasteiger partial charge in [0.05, 0.1) is 6.54 Å². The third-order valence-corrected chi connectivity index (χ3v) is 4.35. The smallest absolute Gasteiger partial charge is 0.257 e. The lowest BCUT2D eigenvalue weighted by Gasteiger charge is -2.07. The fourth-order valence-electron chi connectivity index (χ4n) is 2.75. The first-order valence-electron chi connectivity index (χ1n) is 8.10. The van der Waals surface area contributed by atoms with Crippen molar-refractivity contribution in [1.82, 2.24) is 9.78 Å². The Morgan fingerprint density at radius 2 is 1.80 bits per heavy atom. The second kappa shape index (κ2) is 7.11. The Hall–Kier alpha value is -2.59. The van der Waals surface area contributed by atoms with E-state index in [1.54, 1.807) is 0 Å². The summed E-state index contributed by atoms with van der Waals surface area (Å²) in [6, 6.07) is 15.3. The minimum absolute atomic E-state index is 0.145. The number of benzene rings is 2. The molecule has 0 spiro atoms. The molecule has 0 radical (unpaired) electrons. The molecule has 0 fully saturated rings. The summed E-state index contributed by atoms with van der Waals surface area (Å²) in [5, 5.41) is 8.09. The van der Waals surface area contributed by atoms with E-state index in [1.807, 2.05) is 74.0 Å². The van der Waals surface area contributed by atoms with E-state index in [2.05, 4.69) is 10.4 Å². The average Bonchev–Trinajstić information content (AvgIpc) is 2.88. The van der Waals surface area contributed by atoms with Gasteiger partial charge in [0.1, 0.15) is 0 Å². The Bertz CT molecular complexity index is 913. The maximum absolute atomic E-state index is 12.5. The minimum Gasteiger partial charge on any atom is -0.305 e. The molecular formula is C20H20ClN3O. The first kappa shape index (κ1) is 17.2. The lowest BCUT2D eigenvalue weighted by atomic mass is 10.1. The van der Waals surface area contributed by atoms with E-state index in [0.717, 1.165) is 22.4 Å². The van der Waals surface area contributed by atoms with Crippen LogP contribution in [0.4, 0.5) is 5.82 Å². The zero-order chi connectivity index (χ0) is 18.0. The van der Waals surface area contributed by atoms with Gasteiger partial charge < -0.3 is 5.32 Å². The molecule has 1 heterocycles. The minimum atomic E-state index is -0.145. The SMILES string of the molecule is Cc1ccc(C(=O)Nc2cc(C)n(Cc3ccc(Cl)cc3)n2)c(C)c1. The highest BCUT2D eigenvalue weighted by Gasteiger charge is 2.12. The van der Waals surface area contributed by atoms with Gasteiger partial charge in [-0.25, -0.2) is 0 Å². The van der Waals surface area contributed by atoms with Gasteiger partial charge in [-0.1, -0.05) is 41.4 Å². The molecule has 0 aliphatic rings. The standard InChI is InChI=1S/C20H20ClN3O/c1-13-4-9-18(14(2)10-13)20(25)22-19-11-15(3)24(23-19)12-16-5-7-17(21)8-6-16/h4-11H,12H2,1-3H3,(H,22,23,25). The highest BCUT2D eigenvalue weighted by molar-refractivity contribution is 6.30. The number of hydrogen-bond acceptors (Lipinski definition) is 2.